The van der Waals surface area contributed by atoms with Crippen LogP contribution >= 0.6 is 0 Å². The van der Waals surface area contributed by atoms with Crippen LogP contribution in [0.5, 0.6) is 0 Å². The Labute approximate surface area is 96.0 Å². The van der Waals surface area contributed by atoms with E-state index in [0.717, 1.165) is 6.42 Å². The van der Waals surface area contributed by atoms with E-state index in [0.29, 0.717) is 0 Å². The molecule has 0 amide bonds. The molecule has 0 bridgehead atoms. The number of hydrogen-bond acceptors (Lipinski definition) is 1. The van der Waals surface area contributed by atoms with Crippen molar-refractivity contribution in [3.63, 3.8) is 0 Å². The number of hydrogen-bond donors (Lipinski definition) is 0. The molecule has 0 saturated heterocycles. The summed E-state index contributed by atoms with van der Waals surface area (Å²) >= 11 is 0. The van der Waals surface area contributed by atoms with E-state index in [1.54, 1.807) is 6.20 Å². The summed E-state index contributed by atoms with van der Waals surface area (Å²) in [7, 11) is 1.93. The van der Waals surface area contributed by atoms with Crippen LogP contribution in [0.3, 0.4) is 0 Å². The second kappa shape index (κ2) is 18.7. The molecule has 0 saturated carbocycles. The highest BCUT2D eigenvalue weighted by Crippen LogP contribution is 1.88. The lowest BCUT2D eigenvalue weighted by Crippen LogP contribution is -1.90. The van der Waals surface area contributed by atoms with Crippen LogP contribution in [-0.2, 0) is 7.05 Å². The van der Waals surface area contributed by atoms with Gasteiger partial charge in [0.05, 0.1) is 0 Å². The van der Waals surface area contributed by atoms with Crippen LogP contribution in [-0.4, -0.2) is 9.78 Å². The van der Waals surface area contributed by atoms with Crippen LogP contribution in [0.1, 0.15) is 46.7 Å². The van der Waals surface area contributed by atoms with Crippen LogP contribution in [0, 0.1) is 6.92 Å². The van der Waals surface area contributed by atoms with Gasteiger partial charge in [-0.15, -0.1) is 6.58 Å². The van der Waals surface area contributed by atoms with Crippen molar-refractivity contribution < 1.29 is 0 Å². The molecule has 0 aromatic carbocycles. The average Bonchev–Trinajstić information content (AvgIpc) is 2.69. The van der Waals surface area contributed by atoms with Crippen molar-refractivity contribution in [1.82, 2.24) is 9.78 Å². The van der Waals surface area contributed by atoms with Crippen molar-refractivity contribution in [3.8, 4) is 0 Å². The van der Waals surface area contributed by atoms with Crippen molar-refractivity contribution in [1.29, 1.82) is 0 Å². The zero-order valence-corrected chi connectivity index (χ0v) is 11.5. The minimum absolute atomic E-state index is 1.08. The molecule has 2 nitrogen and oxygen atoms in total. The standard InChI is InChI=1S/C5H8N2.C4H8.2C2H6/c1-5-3-4-6-7(5)2;1-3-4-2;2*1-2/h3-4H,1-2H3;3H,1,4H2,2H3;2*1-2H3. The lowest BCUT2D eigenvalue weighted by Gasteiger charge is -1.87. The molecule has 0 N–H and O–H groups in total. The third kappa shape index (κ3) is 15.7. The largest absolute Gasteiger partial charge is 0.273 e. The Balaban J connectivity index is -0.000000156. The fourth-order valence-electron chi connectivity index (χ4n) is 0.440. The lowest BCUT2D eigenvalue weighted by atomic mass is 10.5. The van der Waals surface area contributed by atoms with E-state index in [1.807, 2.05) is 58.5 Å². The van der Waals surface area contributed by atoms with Crippen LogP contribution in [0.2, 0.25) is 0 Å². The molecule has 0 fully saturated rings. The first-order chi connectivity index (χ1) is 7.22. The predicted molar refractivity (Wildman–Crippen MR) is 71.1 cm³/mol. The van der Waals surface area contributed by atoms with Gasteiger partial charge in [-0.25, -0.2) is 0 Å². The van der Waals surface area contributed by atoms with Gasteiger partial charge in [0.1, 0.15) is 0 Å². The minimum atomic E-state index is 1.08. The third-order valence-corrected chi connectivity index (χ3v) is 1.35. The highest BCUT2D eigenvalue weighted by Gasteiger charge is 1.83. The summed E-state index contributed by atoms with van der Waals surface area (Å²) in [6.07, 6.45) is 4.75. The zero-order chi connectivity index (χ0) is 12.7. The fraction of sp³-hybridized carbons (Fsp3) is 0.615. The van der Waals surface area contributed by atoms with Crippen LogP contribution in [0.25, 0.3) is 0 Å². The van der Waals surface area contributed by atoms with Crippen LogP contribution < -0.4 is 0 Å². The van der Waals surface area contributed by atoms with E-state index < -0.39 is 0 Å². The Kier molecular flexibility index (Phi) is 24.3. The summed E-state index contributed by atoms with van der Waals surface area (Å²) in [5.41, 5.74) is 1.19. The number of rotatable bonds is 1. The van der Waals surface area contributed by atoms with Crippen molar-refractivity contribution >= 4 is 0 Å². The van der Waals surface area contributed by atoms with E-state index in [2.05, 4.69) is 18.6 Å². The van der Waals surface area contributed by atoms with Crippen LogP contribution in [0.4, 0.5) is 0 Å². The predicted octanol–water partition coefficient (Wildman–Crippen LogP) is 4.36. The molecule has 0 atom stereocenters. The van der Waals surface area contributed by atoms with Crippen molar-refractivity contribution in [3.05, 3.63) is 30.6 Å². The topological polar surface area (TPSA) is 17.8 Å². The van der Waals surface area contributed by atoms with Gasteiger partial charge in [-0.3, -0.25) is 4.68 Å². The molecular weight excluding hydrogens is 184 g/mol. The molecule has 1 heterocycles. The lowest BCUT2D eigenvalue weighted by molar-refractivity contribution is 0.740. The second-order valence-corrected chi connectivity index (χ2v) is 2.29. The Hall–Kier alpha value is -1.05. The molecule has 1 rings (SSSR count). The molecule has 0 radical (unpaired) electrons. The summed E-state index contributed by atoms with van der Waals surface area (Å²) in [6.45, 7) is 15.6. The Morgan fingerprint density at radius 2 is 1.73 bits per heavy atom. The number of allylic oxidation sites excluding steroid dienone is 1. The highest BCUT2D eigenvalue weighted by molar-refractivity contribution is 4.94. The molecule has 0 spiro atoms. The molecular formula is C13H28N2. The van der Waals surface area contributed by atoms with Gasteiger partial charge in [0.15, 0.2) is 0 Å². The molecule has 1 aromatic rings. The van der Waals surface area contributed by atoms with E-state index in [4.69, 9.17) is 0 Å². The molecule has 0 aliphatic rings. The van der Waals surface area contributed by atoms with Crippen molar-refractivity contribution in [2.24, 2.45) is 7.05 Å². The molecule has 0 aliphatic heterocycles. The van der Waals surface area contributed by atoms with Gasteiger partial charge in [-0.2, -0.15) is 5.10 Å². The SMILES string of the molecule is C=CCC.CC.CC.Cc1ccnn1C. The summed E-state index contributed by atoms with van der Waals surface area (Å²) < 4.78 is 1.83. The van der Waals surface area contributed by atoms with Gasteiger partial charge >= 0.3 is 0 Å². The maximum Gasteiger partial charge on any atom is 0.0492 e. The first-order valence-corrected chi connectivity index (χ1v) is 5.77. The van der Waals surface area contributed by atoms with Gasteiger partial charge < -0.3 is 0 Å². The quantitative estimate of drug-likeness (QED) is 0.632. The van der Waals surface area contributed by atoms with Gasteiger partial charge in [0.2, 0.25) is 0 Å². The molecule has 0 unspecified atom stereocenters. The normalized spacial score (nSPS) is 6.87. The van der Waals surface area contributed by atoms with Crippen molar-refractivity contribution in [2.75, 3.05) is 0 Å². The fourth-order valence-corrected chi connectivity index (χ4v) is 0.440. The van der Waals surface area contributed by atoms with E-state index >= 15 is 0 Å². The van der Waals surface area contributed by atoms with Gasteiger partial charge in [0, 0.05) is 18.9 Å². The molecule has 2 heteroatoms. The average molecular weight is 212 g/mol. The summed E-state index contributed by atoms with van der Waals surface area (Å²) in [4.78, 5) is 0. The van der Waals surface area contributed by atoms with Crippen molar-refractivity contribution in [2.45, 2.75) is 48.0 Å². The van der Waals surface area contributed by atoms with E-state index in [9.17, 15) is 0 Å². The zero-order valence-electron chi connectivity index (χ0n) is 11.5. The molecule has 15 heavy (non-hydrogen) atoms. The Bertz CT molecular complexity index is 186. The Morgan fingerprint density at radius 3 is 1.80 bits per heavy atom. The summed E-state index contributed by atoms with van der Waals surface area (Å²) in [5.74, 6) is 0. The smallest absolute Gasteiger partial charge is 0.0492 e. The second-order valence-electron chi connectivity index (χ2n) is 2.29. The third-order valence-electron chi connectivity index (χ3n) is 1.35. The number of nitrogens with zero attached hydrogens (tertiary/aromatic N) is 2. The summed E-state index contributed by atoms with van der Waals surface area (Å²) in [5, 5.41) is 3.93. The van der Waals surface area contributed by atoms with Gasteiger partial charge in [0.25, 0.3) is 0 Å². The first kappa shape index (κ1) is 19.5. The highest BCUT2D eigenvalue weighted by atomic mass is 15.2. The maximum absolute atomic E-state index is 3.93. The summed E-state index contributed by atoms with van der Waals surface area (Å²) in [6, 6.07) is 1.97. The van der Waals surface area contributed by atoms with Gasteiger partial charge in [-0.05, 0) is 19.4 Å². The molecule has 90 valence electrons. The van der Waals surface area contributed by atoms with E-state index in [1.165, 1.54) is 5.69 Å². The maximum atomic E-state index is 3.93. The number of aryl methyl sites for hydroxylation is 2. The van der Waals surface area contributed by atoms with E-state index in [-0.39, 0.29) is 0 Å². The Morgan fingerprint density at radius 1 is 1.33 bits per heavy atom. The first-order valence-electron chi connectivity index (χ1n) is 5.77. The van der Waals surface area contributed by atoms with Gasteiger partial charge in [-0.1, -0.05) is 40.7 Å². The molecule has 1 aromatic heterocycles. The molecule has 0 aliphatic carbocycles. The number of aromatic nitrogens is 2. The van der Waals surface area contributed by atoms with Crippen LogP contribution in [0.15, 0.2) is 24.9 Å². The minimum Gasteiger partial charge on any atom is -0.273 e. The monoisotopic (exact) mass is 212 g/mol.